The van der Waals surface area contributed by atoms with Crippen molar-refractivity contribution in [2.24, 2.45) is 0 Å². The Balaban J connectivity index is 2.98. The fourth-order valence-electron chi connectivity index (χ4n) is 0.588. The molecule has 2 N–H and O–H groups in total. The summed E-state index contributed by atoms with van der Waals surface area (Å²) in [5, 5.41) is 3.95. The molecular weight excluding hydrogens is 134 g/mol. The van der Waals surface area contributed by atoms with Crippen molar-refractivity contribution in [3.63, 3.8) is 0 Å². The fourth-order valence-corrected chi connectivity index (χ4v) is 0.766. The van der Waals surface area contributed by atoms with E-state index in [1.807, 2.05) is 6.92 Å². The standard InChI is InChI=1S/C5H9N3S/c1-2-8-3-4(9)5(6)7-8/h3,9H,2H2,1H3,(H2,6,7). The first kappa shape index (κ1) is 6.48. The van der Waals surface area contributed by atoms with Crippen molar-refractivity contribution in [1.29, 1.82) is 0 Å². The zero-order chi connectivity index (χ0) is 6.85. The molecular formula is C5H9N3S. The Morgan fingerprint density at radius 1 is 1.89 bits per heavy atom. The second-order valence-electron chi connectivity index (χ2n) is 1.76. The van der Waals surface area contributed by atoms with Gasteiger partial charge in [-0.3, -0.25) is 4.68 Å². The predicted molar refractivity (Wildman–Crippen MR) is 39.6 cm³/mol. The zero-order valence-corrected chi connectivity index (χ0v) is 6.10. The second kappa shape index (κ2) is 2.31. The lowest BCUT2D eigenvalue weighted by molar-refractivity contribution is 0.661. The highest BCUT2D eigenvalue weighted by molar-refractivity contribution is 7.80. The number of nitrogens with two attached hydrogens (primary N) is 1. The second-order valence-corrected chi connectivity index (χ2v) is 2.24. The van der Waals surface area contributed by atoms with Gasteiger partial charge in [0.05, 0.1) is 4.90 Å². The van der Waals surface area contributed by atoms with E-state index in [9.17, 15) is 0 Å². The van der Waals surface area contributed by atoms with Crippen LogP contribution in [0.15, 0.2) is 11.1 Å². The number of hydrogen-bond acceptors (Lipinski definition) is 3. The molecule has 1 aromatic rings. The molecule has 1 aromatic heterocycles. The predicted octanol–water partition coefficient (Wildman–Crippen LogP) is 0.774. The van der Waals surface area contributed by atoms with Gasteiger partial charge in [-0.15, -0.1) is 12.6 Å². The first-order chi connectivity index (χ1) is 4.24. The summed E-state index contributed by atoms with van der Waals surface area (Å²) in [6.07, 6.45) is 1.80. The van der Waals surface area contributed by atoms with Gasteiger partial charge in [-0.25, -0.2) is 0 Å². The molecule has 0 fully saturated rings. The van der Waals surface area contributed by atoms with Gasteiger partial charge in [0, 0.05) is 12.7 Å². The van der Waals surface area contributed by atoms with E-state index in [0.29, 0.717) is 5.82 Å². The van der Waals surface area contributed by atoms with E-state index in [1.54, 1.807) is 10.9 Å². The number of nitrogens with zero attached hydrogens (tertiary/aromatic N) is 2. The smallest absolute Gasteiger partial charge is 0.158 e. The van der Waals surface area contributed by atoms with Gasteiger partial charge in [0.25, 0.3) is 0 Å². The minimum absolute atomic E-state index is 0.500. The van der Waals surface area contributed by atoms with Crippen molar-refractivity contribution < 1.29 is 0 Å². The molecule has 0 spiro atoms. The summed E-state index contributed by atoms with van der Waals surface area (Å²) in [5.41, 5.74) is 5.41. The number of nitrogen functional groups attached to an aromatic ring is 1. The Bertz CT molecular complexity index is 186. The molecule has 0 aromatic carbocycles. The van der Waals surface area contributed by atoms with E-state index >= 15 is 0 Å². The van der Waals surface area contributed by atoms with Gasteiger partial charge in [0.2, 0.25) is 0 Å². The maximum Gasteiger partial charge on any atom is 0.158 e. The molecule has 0 aliphatic carbocycles. The fraction of sp³-hybridized carbons (Fsp3) is 0.400. The lowest BCUT2D eigenvalue weighted by Crippen LogP contribution is -1.95. The van der Waals surface area contributed by atoms with Crippen molar-refractivity contribution in [1.82, 2.24) is 9.78 Å². The highest BCUT2D eigenvalue weighted by atomic mass is 32.1. The highest BCUT2D eigenvalue weighted by Crippen LogP contribution is 2.12. The average molecular weight is 143 g/mol. The van der Waals surface area contributed by atoms with Gasteiger partial charge in [-0.05, 0) is 6.92 Å². The third-order valence-electron chi connectivity index (χ3n) is 1.09. The molecule has 0 saturated carbocycles. The van der Waals surface area contributed by atoms with E-state index in [2.05, 4.69) is 17.7 Å². The molecule has 50 valence electrons. The molecule has 9 heavy (non-hydrogen) atoms. The summed E-state index contributed by atoms with van der Waals surface area (Å²) >= 11 is 4.06. The van der Waals surface area contributed by atoms with E-state index < -0.39 is 0 Å². The molecule has 3 nitrogen and oxygen atoms in total. The van der Waals surface area contributed by atoms with Gasteiger partial charge in [0.1, 0.15) is 0 Å². The van der Waals surface area contributed by atoms with Crippen LogP contribution >= 0.6 is 12.6 Å². The SMILES string of the molecule is CCn1cc(S)c(N)n1. The van der Waals surface area contributed by atoms with Crippen LogP contribution in [0.25, 0.3) is 0 Å². The normalized spacial score (nSPS) is 10.0. The van der Waals surface area contributed by atoms with Crippen LogP contribution in [0.1, 0.15) is 6.92 Å². The minimum atomic E-state index is 0.500. The van der Waals surface area contributed by atoms with Gasteiger partial charge in [-0.1, -0.05) is 0 Å². The van der Waals surface area contributed by atoms with Crippen LogP contribution in [-0.2, 0) is 6.54 Å². The topological polar surface area (TPSA) is 43.8 Å². The molecule has 0 bridgehead atoms. The summed E-state index contributed by atoms with van der Waals surface area (Å²) in [4.78, 5) is 0.747. The van der Waals surface area contributed by atoms with Gasteiger partial charge < -0.3 is 5.73 Å². The molecule has 1 rings (SSSR count). The third-order valence-corrected chi connectivity index (χ3v) is 1.44. The van der Waals surface area contributed by atoms with Crippen LogP contribution < -0.4 is 5.73 Å². The Labute approximate surface area is 59.3 Å². The number of aromatic nitrogens is 2. The molecule has 0 unspecified atom stereocenters. The van der Waals surface area contributed by atoms with Crippen LogP contribution in [0, 0.1) is 0 Å². The van der Waals surface area contributed by atoms with Crippen LogP contribution in [0.3, 0.4) is 0 Å². The summed E-state index contributed by atoms with van der Waals surface area (Å²) in [5.74, 6) is 0.500. The number of rotatable bonds is 1. The number of hydrogen-bond donors (Lipinski definition) is 2. The first-order valence-corrected chi connectivity index (χ1v) is 3.20. The van der Waals surface area contributed by atoms with Crippen LogP contribution in [0.4, 0.5) is 5.82 Å². The lowest BCUT2D eigenvalue weighted by atomic mass is 10.6. The largest absolute Gasteiger partial charge is 0.381 e. The van der Waals surface area contributed by atoms with E-state index in [0.717, 1.165) is 11.4 Å². The van der Waals surface area contributed by atoms with Crippen molar-refractivity contribution in [2.45, 2.75) is 18.4 Å². The van der Waals surface area contributed by atoms with Crippen molar-refractivity contribution >= 4 is 18.4 Å². The van der Waals surface area contributed by atoms with Gasteiger partial charge in [-0.2, -0.15) is 5.10 Å². The maximum atomic E-state index is 5.41. The monoisotopic (exact) mass is 143 g/mol. The Morgan fingerprint density at radius 3 is 2.78 bits per heavy atom. The summed E-state index contributed by atoms with van der Waals surface area (Å²) in [6.45, 7) is 2.84. The van der Waals surface area contributed by atoms with Crippen molar-refractivity contribution in [2.75, 3.05) is 5.73 Å². The molecule has 0 atom stereocenters. The lowest BCUT2D eigenvalue weighted by Gasteiger charge is -1.88. The van der Waals surface area contributed by atoms with E-state index in [-0.39, 0.29) is 0 Å². The van der Waals surface area contributed by atoms with Crippen LogP contribution in [0.2, 0.25) is 0 Å². The highest BCUT2D eigenvalue weighted by Gasteiger charge is 1.97. The molecule has 0 aliphatic heterocycles. The number of thiol groups is 1. The first-order valence-electron chi connectivity index (χ1n) is 2.76. The molecule has 4 heteroatoms. The summed E-state index contributed by atoms with van der Waals surface area (Å²) < 4.78 is 1.75. The third kappa shape index (κ3) is 1.18. The van der Waals surface area contributed by atoms with Crippen LogP contribution in [0.5, 0.6) is 0 Å². The Morgan fingerprint density at radius 2 is 2.56 bits per heavy atom. The number of aryl methyl sites for hydroxylation is 1. The van der Waals surface area contributed by atoms with Crippen LogP contribution in [-0.4, -0.2) is 9.78 Å². The average Bonchev–Trinajstić information content (AvgIpc) is 2.13. The van der Waals surface area contributed by atoms with Crippen molar-refractivity contribution in [3.05, 3.63) is 6.20 Å². The molecule has 1 heterocycles. The summed E-state index contributed by atoms with van der Waals surface area (Å²) in [7, 11) is 0. The molecule has 0 aliphatic rings. The number of anilines is 1. The quantitative estimate of drug-likeness (QED) is 0.570. The molecule has 0 amide bonds. The maximum absolute atomic E-state index is 5.41. The van der Waals surface area contributed by atoms with Gasteiger partial charge in [0.15, 0.2) is 5.82 Å². The van der Waals surface area contributed by atoms with E-state index in [1.165, 1.54) is 0 Å². The minimum Gasteiger partial charge on any atom is -0.381 e. The summed E-state index contributed by atoms with van der Waals surface area (Å²) in [6, 6.07) is 0. The molecule has 0 radical (unpaired) electrons. The Hall–Kier alpha value is -0.640. The van der Waals surface area contributed by atoms with Gasteiger partial charge >= 0.3 is 0 Å². The van der Waals surface area contributed by atoms with E-state index in [4.69, 9.17) is 5.73 Å². The van der Waals surface area contributed by atoms with Crippen molar-refractivity contribution in [3.8, 4) is 0 Å². The molecule has 0 saturated heterocycles. The zero-order valence-electron chi connectivity index (χ0n) is 5.20. The Kier molecular flexibility index (Phi) is 1.66.